The molecule has 0 aromatic heterocycles. The van der Waals surface area contributed by atoms with Gasteiger partial charge in [-0.15, -0.1) is 0 Å². The number of nitrogens with zero attached hydrogens (tertiary/aromatic N) is 1. The lowest BCUT2D eigenvalue weighted by Crippen LogP contribution is -2.49. The second-order valence-electron chi connectivity index (χ2n) is 8.77. The van der Waals surface area contributed by atoms with Crippen LogP contribution in [0.3, 0.4) is 0 Å². The summed E-state index contributed by atoms with van der Waals surface area (Å²) in [6.45, 7) is 3.74. The van der Waals surface area contributed by atoms with E-state index in [2.05, 4.69) is 78.6 Å². The van der Waals surface area contributed by atoms with Crippen molar-refractivity contribution in [1.29, 1.82) is 0 Å². The van der Waals surface area contributed by atoms with Crippen LogP contribution >= 0.6 is 11.6 Å². The number of hydrogen-bond donors (Lipinski definition) is 0. The monoisotopic (exact) mass is 469 g/mol. The van der Waals surface area contributed by atoms with Gasteiger partial charge in [-0.05, 0) is 84.1 Å². The number of anilines is 1. The van der Waals surface area contributed by atoms with Crippen molar-refractivity contribution < 1.29 is 9.47 Å². The van der Waals surface area contributed by atoms with Gasteiger partial charge in [-0.3, -0.25) is 0 Å². The first-order chi connectivity index (χ1) is 16.6. The first-order valence-electron chi connectivity index (χ1n) is 11.6. The van der Waals surface area contributed by atoms with Gasteiger partial charge in [0.1, 0.15) is 18.1 Å². The number of halogens is 1. The number of methoxy groups -OCH3 is 1. The molecule has 0 fully saturated rings. The van der Waals surface area contributed by atoms with Crippen molar-refractivity contribution in [2.75, 3.05) is 18.6 Å². The molecule has 0 spiro atoms. The summed E-state index contributed by atoms with van der Waals surface area (Å²) < 4.78 is 11.6. The molecule has 0 radical (unpaired) electrons. The SMILES string of the molecule is COc1ccc2c(c1)CCN(c1ccc(Cl)cc1)C2(C)c1ccc(OCc2ccccc2)cc1. The van der Waals surface area contributed by atoms with Gasteiger partial charge in [-0.1, -0.05) is 60.1 Å². The van der Waals surface area contributed by atoms with Crippen LogP contribution in [0.4, 0.5) is 5.69 Å². The standard InChI is InChI=1S/C30H28ClNO2/c1-30(24-8-14-27(15-9-24)34-21-22-6-4-3-5-7-22)29-17-16-28(33-2)20-23(29)18-19-32(30)26-12-10-25(31)11-13-26/h3-17,20H,18-19,21H2,1-2H3. The van der Waals surface area contributed by atoms with Crippen LogP contribution in [0, 0.1) is 0 Å². The van der Waals surface area contributed by atoms with Gasteiger partial charge in [0.05, 0.1) is 12.6 Å². The molecule has 4 heteroatoms. The van der Waals surface area contributed by atoms with E-state index in [4.69, 9.17) is 21.1 Å². The van der Waals surface area contributed by atoms with E-state index in [-0.39, 0.29) is 5.54 Å². The maximum atomic E-state index is 6.20. The molecule has 1 heterocycles. The molecule has 5 rings (SSSR count). The molecule has 0 N–H and O–H groups in total. The van der Waals surface area contributed by atoms with E-state index in [9.17, 15) is 0 Å². The van der Waals surface area contributed by atoms with E-state index in [1.54, 1.807) is 7.11 Å². The average molecular weight is 470 g/mol. The molecule has 1 atom stereocenters. The van der Waals surface area contributed by atoms with E-state index in [1.165, 1.54) is 16.7 Å². The third-order valence-corrected chi connectivity index (χ3v) is 7.04. The summed E-state index contributed by atoms with van der Waals surface area (Å²) in [6, 6.07) is 33.3. The molecular formula is C30H28ClNO2. The Morgan fingerprint density at radius 3 is 2.26 bits per heavy atom. The fourth-order valence-corrected chi connectivity index (χ4v) is 5.04. The van der Waals surface area contributed by atoms with Gasteiger partial charge in [0.2, 0.25) is 0 Å². The summed E-state index contributed by atoms with van der Waals surface area (Å²) in [5.41, 5.74) is 5.76. The lowest BCUT2D eigenvalue weighted by Gasteiger charge is -2.48. The van der Waals surface area contributed by atoms with Crippen molar-refractivity contribution in [2.45, 2.75) is 25.5 Å². The maximum absolute atomic E-state index is 6.20. The molecule has 3 nitrogen and oxygen atoms in total. The van der Waals surface area contributed by atoms with Gasteiger partial charge in [-0.25, -0.2) is 0 Å². The number of benzene rings is 4. The zero-order chi connectivity index (χ0) is 23.5. The quantitative estimate of drug-likeness (QED) is 0.296. The highest BCUT2D eigenvalue weighted by Crippen LogP contribution is 2.44. The molecule has 0 amide bonds. The molecule has 1 unspecified atom stereocenters. The Kier molecular flexibility index (Phi) is 6.21. The zero-order valence-corrected chi connectivity index (χ0v) is 20.3. The number of ether oxygens (including phenoxy) is 2. The molecule has 4 aromatic rings. The molecule has 1 aliphatic rings. The van der Waals surface area contributed by atoms with Crippen LogP contribution in [0.2, 0.25) is 5.02 Å². The van der Waals surface area contributed by atoms with Gasteiger partial charge < -0.3 is 14.4 Å². The first-order valence-corrected chi connectivity index (χ1v) is 11.9. The van der Waals surface area contributed by atoms with Crippen molar-refractivity contribution in [3.05, 3.63) is 124 Å². The highest BCUT2D eigenvalue weighted by Gasteiger charge is 2.40. The van der Waals surface area contributed by atoms with Crippen molar-refractivity contribution >= 4 is 17.3 Å². The second kappa shape index (κ2) is 9.44. The van der Waals surface area contributed by atoms with Crippen molar-refractivity contribution in [3.8, 4) is 11.5 Å². The van der Waals surface area contributed by atoms with Crippen LogP contribution in [0.15, 0.2) is 97.1 Å². The van der Waals surface area contributed by atoms with Gasteiger partial charge in [0.25, 0.3) is 0 Å². The van der Waals surface area contributed by atoms with E-state index >= 15 is 0 Å². The average Bonchev–Trinajstić information content (AvgIpc) is 2.89. The summed E-state index contributed by atoms with van der Waals surface area (Å²) in [6.07, 6.45) is 0.947. The van der Waals surface area contributed by atoms with Crippen LogP contribution < -0.4 is 14.4 Å². The summed E-state index contributed by atoms with van der Waals surface area (Å²) in [5, 5.41) is 0.743. The number of rotatable bonds is 6. The van der Waals surface area contributed by atoms with Crippen molar-refractivity contribution in [1.82, 2.24) is 0 Å². The molecule has 1 aliphatic heterocycles. The van der Waals surface area contributed by atoms with Crippen molar-refractivity contribution in [2.24, 2.45) is 0 Å². The minimum atomic E-state index is -0.356. The Morgan fingerprint density at radius 1 is 0.853 bits per heavy atom. The van der Waals surface area contributed by atoms with Crippen LogP contribution in [0.1, 0.15) is 29.2 Å². The highest BCUT2D eigenvalue weighted by molar-refractivity contribution is 6.30. The van der Waals surface area contributed by atoms with Crippen LogP contribution in [0.5, 0.6) is 11.5 Å². The molecule has 0 saturated carbocycles. The molecule has 34 heavy (non-hydrogen) atoms. The van der Waals surface area contributed by atoms with Crippen molar-refractivity contribution in [3.63, 3.8) is 0 Å². The third kappa shape index (κ3) is 4.24. The fraction of sp³-hybridized carbons (Fsp3) is 0.200. The molecule has 0 saturated heterocycles. The van der Waals surface area contributed by atoms with E-state index in [0.29, 0.717) is 6.61 Å². The molecule has 172 valence electrons. The fourth-order valence-electron chi connectivity index (χ4n) is 4.92. The Morgan fingerprint density at radius 2 is 1.56 bits per heavy atom. The van der Waals surface area contributed by atoms with Crippen LogP contribution in [-0.2, 0) is 18.6 Å². The summed E-state index contributed by atoms with van der Waals surface area (Å²) >= 11 is 6.20. The summed E-state index contributed by atoms with van der Waals surface area (Å²) in [7, 11) is 1.72. The van der Waals surface area contributed by atoms with E-state index in [0.717, 1.165) is 40.7 Å². The Bertz CT molecular complexity index is 1260. The normalized spacial score (nSPS) is 17.2. The zero-order valence-electron chi connectivity index (χ0n) is 19.5. The molecule has 4 aromatic carbocycles. The minimum absolute atomic E-state index is 0.356. The topological polar surface area (TPSA) is 21.7 Å². The smallest absolute Gasteiger partial charge is 0.119 e. The minimum Gasteiger partial charge on any atom is -0.497 e. The lowest BCUT2D eigenvalue weighted by atomic mass is 9.76. The summed E-state index contributed by atoms with van der Waals surface area (Å²) in [4.78, 5) is 2.47. The van der Waals surface area contributed by atoms with Gasteiger partial charge in [0, 0.05) is 17.3 Å². The van der Waals surface area contributed by atoms with E-state index in [1.807, 2.05) is 30.3 Å². The van der Waals surface area contributed by atoms with E-state index < -0.39 is 0 Å². The predicted molar refractivity (Wildman–Crippen MR) is 139 cm³/mol. The van der Waals surface area contributed by atoms with Gasteiger partial charge in [0.15, 0.2) is 0 Å². The predicted octanol–water partition coefficient (Wildman–Crippen LogP) is 7.25. The Labute approximate surface area is 206 Å². The number of hydrogen-bond acceptors (Lipinski definition) is 3. The molecule has 0 bridgehead atoms. The lowest BCUT2D eigenvalue weighted by molar-refractivity contribution is 0.306. The highest BCUT2D eigenvalue weighted by atomic mass is 35.5. The van der Waals surface area contributed by atoms with Gasteiger partial charge >= 0.3 is 0 Å². The van der Waals surface area contributed by atoms with Gasteiger partial charge in [-0.2, -0.15) is 0 Å². The Balaban J connectivity index is 1.51. The first kappa shape index (κ1) is 22.4. The third-order valence-electron chi connectivity index (χ3n) is 6.78. The largest absolute Gasteiger partial charge is 0.497 e. The van der Waals surface area contributed by atoms with Crippen LogP contribution in [-0.4, -0.2) is 13.7 Å². The molecular weight excluding hydrogens is 442 g/mol. The number of fused-ring (bicyclic) bond motifs is 1. The summed E-state index contributed by atoms with van der Waals surface area (Å²) in [5.74, 6) is 1.76. The Hall–Kier alpha value is -3.43. The van der Waals surface area contributed by atoms with Crippen LogP contribution in [0.25, 0.3) is 0 Å². The molecule has 0 aliphatic carbocycles. The maximum Gasteiger partial charge on any atom is 0.119 e. The second-order valence-corrected chi connectivity index (χ2v) is 9.21.